The van der Waals surface area contributed by atoms with E-state index < -0.39 is 15.4 Å². The van der Waals surface area contributed by atoms with E-state index in [-0.39, 0.29) is 31.0 Å². The smallest absolute Gasteiger partial charge is 1.00 e. The number of rotatable bonds is 14. The second-order valence-corrected chi connectivity index (χ2v) is 7.55. The van der Waals surface area contributed by atoms with Gasteiger partial charge in [0, 0.05) is 6.54 Å². The first kappa shape index (κ1) is 24.1. The molecule has 0 amide bonds. The van der Waals surface area contributed by atoms with Gasteiger partial charge in [0.25, 0.3) is 10.1 Å². The summed E-state index contributed by atoms with van der Waals surface area (Å²) in [6.07, 6.45) is 13.0. The fourth-order valence-corrected chi connectivity index (χ4v) is 2.48. The van der Waals surface area contributed by atoms with Crippen LogP contribution < -0.4 is 34.9 Å². The van der Waals surface area contributed by atoms with E-state index in [0.717, 1.165) is 13.0 Å². The molecule has 0 aromatic rings. The molecule has 0 spiro atoms. The molecule has 0 aliphatic heterocycles. The zero-order valence-electron chi connectivity index (χ0n) is 15.2. The number of hydrogen-bond donors (Lipinski definition) is 2. The van der Waals surface area contributed by atoms with Gasteiger partial charge >= 0.3 is 29.6 Å². The molecule has 124 valence electrons. The van der Waals surface area contributed by atoms with Gasteiger partial charge in [-0.2, -0.15) is 8.42 Å². The van der Waals surface area contributed by atoms with E-state index in [9.17, 15) is 8.42 Å². The van der Waals surface area contributed by atoms with Gasteiger partial charge in [0.2, 0.25) is 0 Å². The normalized spacial score (nSPS) is 12.9. The maximum atomic E-state index is 10.8. The molecule has 0 aliphatic carbocycles. The van der Waals surface area contributed by atoms with Crippen LogP contribution in [0.25, 0.3) is 0 Å². The predicted octanol–water partition coefficient (Wildman–Crippen LogP) is 0.890. The first-order chi connectivity index (χ1) is 9.48. The molecule has 0 aliphatic rings. The minimum absolute atomic E-state index is 0. The number of unbranched alkanes of at least 4 members (excludes halogenated alkanes) is 9. The largest absolute Gasteiger partial charge is 1.00 e. The summed E-state index contributed by atoms with van der Waals surface area (Å²) >= 11 is 0. The van der Waals surface area contributed by atoms with Crippen molar-refractivity contribution in [3.63, 3.8) is 0 Å². The van der Waals surface area contributed by atoms with Gasteiger partial charge in [0.05, 0.1) is 5.25 Å². The fraction of sp³-hybridized carbons (Fsp3) is 1.00. The summed E-state index contributed by atoms with van der Waals surface area (Å²) in [7, 11) is -3.88. The molecule has 0 saturated carbocycles. The summed E-state index contributed by atoms with van der Waals surface area (Å²) in [5.41, 5.74) is 0. The standard InChI is InChI=1S/C15H33NO3S.Na.H/c1-3-4-5-6-7-8-9-10-11-12-13-16-14-15(2)20(17,18)19;;/h15-16H,3-14H2,1-2H3,(H,17,18,19);;/q;+1;-1. The van der Waals surface area contributed by atoms with Crippen molar-refractivity contribution in [1.29, 1.82) is 0 Å². The van der Waals surface area contributed by atoms with Crippen LogP contribution in [0.5, 0.6) is 0 Å². The number of nitrogens with one attached hydrogen (secondary N) is 1. The van der Waals surface area contributed by atoms with Crippen molar-refractivity contribution >= 4 is 10.1 Å². The third kappa shape index (κ3) is 17.1. The Kier molecular flexibility index (Phi) is 18.1. The zero-order chi connectivity index (χ0) is 15.3. The minimum atomic E-state index is -3.88. The van der Waals surface area contributed by atoms with Crippen LogP contribution in [0.2, 0.25) is 0 Å². The van der Waals surface area contributed by atoms with Crippen molar-refractivity contribution in [3.8, 4) is 0 Å². The Morgan fingerprint density at radius 2 is 1.38 bits per heavy atom. The van der Waals surface area contributed by atoms with E-state index in [0.29, 0.717) is 6.54 Å². The van der Waals surface area contributed by atoms with Crippen LogP contribution in [-0.4, -0.2) is 31.3 Å². The molecule has 1 atom stereocenters. The van der Waals surface area contributed by atoms with E-state index in [4.69, 9.17) is 4.55 Å². The molecule has 0 saturated heterocycles. The maximum absolute atomic E-state index is 10.8. The van der Waals surface area contributed by atoms with Crippen LogP contribution in [0.15, 0.2) is 0 Å². The van der Waals surface area contributed by atoms with Crippen molar-refractivity contribution in [3.05, 3.63) is 0 Å². The molecule has 4 nitrogen and oxygen atoms in total. The Labute approximate surface area is 155 Å². The van der Waals surface area contributed by atoms with E-state index in [1.807, 2.05) is 0 Å². The van der Waals surface area contributed by atoms with Crippen molar-refractivity contribution in [1.82, 2.24) is 5.32 Å². The van der Waals surface area contributed by atoms with E-state index >= 15 is 0 Å². The third-order valence-corrected chi connectivity index (χ3v) is 4.83. The Morgan fingerprint density at radius 3 is 1.81 bits per heavy atom. The molecule has 21 heavy (non-hydrogen) atoms. The summed E-state index contributed by atoms with van der Waals surface area (Å²) in [4.78, 5) is 0. The van der Waals surface area contributed by atoms with Gasteiger partial charge in [-0.15, -0.1) is 0 Å². The summed E-state index contributed by atoms with van der Waals surface area (Å²) in [5.74, 6) is 0. The Hall–Kier alpha value is 0.870. The van der Waals surface area contributed by atoms with Gasteiger partial charge in [-0.05, 0) is 19.9 Å². The quantitative estimate of drug-likeness (QED) is 0.282. The van der Waals surface area contributed by atoms with Crippen LogP contribution in [-0.2, 0) is 10.1 Å². The van der Waals surface area contributed by atoms with Gasteiger partial charge in [-0.25, -0.2) is 0 Å². The first-order valence-electron chi connectivity index (χ1n) is 8.15. The number of hydrogen-bond acceptors (Lipinski definition) is 3. The molecule has 1 unspecified atom stereocenters. The minimum Gasteiger partial charge on any atom is -1.00 e. The summed E-state index contributed by atoms with van der Waals surface area (Å²) < 4.78 is 30.4. The maximum Gasteiger partial charge on any atom is 1.00 e. The predicted molar refractivity (Wildman–Crippen MR) is 86.8 cm³/mol. The van der Waals surface area contributed by atoms with Gasteiger partial charge in [-0.1, -0.05) is 64.7 Å². The Bertz CT molecular complexity index is 316. The fourth-order valence-electron chi connectivity index (χ4n) is 2.15. The summed E-state index contributed by atoms with van der Waals surface area (Å²) in [6.45, 7) is 4.91. The topological polar surface area (TPSA) is 66.4 Å². The van der Waals surface area contributed by atoms with E-state index in [1.54, 1.807) is 0 Å². The van der Waals surface area contributed by atoms with Gasteiger partial charge < -0.3 is 6.74 Å². The monoisotopic (exact) mass is 331 g/mol. The van der Waals surface area contributed by atoms with Crippen LogP contribution in [0.1, 0.15) is 79.5 Å². The van der Waals surface area contributed by atoms with E-state index in [2.05, 4.69) is 12.2 Å². The second-order valence-electron chi connectivity index (χ2n) is 5.71. The Morgan fingerprint density at radius 1 is 0.952 bits per heavy atom. The van der Waals surface area contributed by atoms with E-state index in [1.165, 1.54) is 64.7 Å². The second kappa shape index (κ2) is 15.8. The molecular weight excluding hydrogens is 297 g/mol. The molecule has 0 aromatic carbocycles. The molecule has 2 N–H and O–H groups in total. The van der Waals surface area contributed by atoms with Gasteiger partial charge in [0.1, 0.15) is 0 Å². The molecule has 0 heterocycles. The summed E-state index contributed by atoms with van der Waals surface area (Å²) in [6, 6.07) is 0. The molecule has 0 fully saturated rings. The van der Waals surface area contributed by atoms with Crippen molar-refractivity contribution in [2.45, 2.75) is 83.3 Å². The van der Waals surface area contributed by atoms with Gasteiger partial charge in [0.15, 0.2) is 0 Å². The average molecular weight is 331 g/mol. The molecule has 6 heteroatoms. The summed E-state index contributed by atoms with van der Waals surface area (Å²) in [5, 5.41) is 2.36. The molecular formula is C15H34NNaO3S. The SMILES string of the molecule is CCCCCCCCCCCCNCC(C)S(=O)(=O)O.[H-].[Na+]. The van der Waals surface area contributed by atoms with Crippen LogP contribution in [0.4, 0.5) is 0 Å². The van der Waals surface area contributed by atoms with Crippen molar-refractivity contribution < 1.29 is 44.0 Å². The van der Waals surface area contributed by atoms with Crippen LogP contribution >= 0.6 is 0 Å². The Balaban J connectivity index is -0.00000180. The van der Waals surface area contributed by atoms with Crippen molar-refractivity contribution in [2.24, 2.45) is 0 Å². The third-order valence-electron chi connectivity index (χ3n) is 3.65. The molecule has 0 rings (SSSR count). The van der Waals surface area contributed by atoms with Gasteiger partial charge in [-0.3, -0.25) is 4.55 Å². The molecule has 0 aromatic heterocycles. The average Bonchev–Trinajstić information content (AvgIpc) is 2.38. The molecule has 0 bridgehead atoms. The van der Waals surface area contributed by atoms with Crippen LogP contribution in [0.3, 0.4) is 0 Å². The van der Waals surface area contributed by atoms with Crippen molar-refractivity contribution in [2.75, 3.05) is 13.1 Å². The molecule has 0 radical (unpaired) electrons. The van der Waals surface area contributed by atoms with Crippen LogP contribution in [0, 0.1) is 0 Å². The zero-order valence-corrected chi connectivity index (χ0v) is 17.1. The first-order valence-corrected chi connectivity index (χ1v) is 9.65.